The molecule has 18 heteroatoms. The molecule has 306 valence electrons. The molecule has 0 saturated carbocycles. The third-order valence-corrected chi connectivity index (χ3v) is 8.80. The van der Waals surface area contributed by atoms with E-state index in [-0.39, 0.29) is 32.2 Å². The summed E-state index contributed by atoms with van der Waals surface area (Å²) in [6, 6.07) is 0. The number of unbranched alkanes of at least 4 members (excludes halogenated alkanes) is 2. The van der Waals surface area contributed by atoms with Crippen LogP contribution in [0.3, 0.4) is 0 Å². The highest BCUT2D eigenvalue weighted by atomic mass is 16.6. The van der Waals surface area contributed by atoms with E-state index in [0.717, 1.165) is 6.42 Å². The molecular weight excluding hydrogens is 706 g/mol. The van der Waals surface area contributed by atoms with E-state index in [1.165, 1.54) is 6.92 Å². The minimum Gasteiger partial charge on any atom is -0.481 e. The predicted octanol–water partition coefficient (Wildman–Crippen LogP) is 1.32. The molecule has 0 radical (unpaired) electrons. The van der Waals surface area contributed by atoms with Crippen LogP contribution in [0.1, 0.15) is 111 Å². The van der Waals surface area contributed by atoms with E-state index in [2.05, 4.69) is 5.32 Å². The van der Waals surface area contributed by atoms with E-state index in [9.17, 15) is 64.2 Å². The number of aliphatic hydroxyl groups excluding tert-OH is 4. The summed E-state index contributed by atoms with van der Waals surface area (Å²) in [6.45, 7) is 6.33. The minimum atomic E-state index is -1.62. The third kappa shape index (κ3) is 22.1. The number of hydrogen-bond acceptors (Lipinski definition) is 13. The Morgan fingerprint density at radius 2 is 1.15 bits per heavy atom. The Hall–Kier alpha value is -3.87. The first-order chi connectivity index (χ1) is 24.7. The van der Waals surface area contributed by atoms with Crippen molar-refractivity contribution in [1.82, 2.24) is 5.32 Å². The lowest BCUT2D eigenvalue weighted by Gasteiger charge is -2.33. The maximum atomic E-state index is 13.1. The molecule has 0 aromatic carbocycles. The molecule has 0 heterocycles. The molecule has 0 saturated heterocycles. The van der Waals surface area contributed by atoms with Crippen LogP contribution in [-0.2, 0) is 43.0 Å². The Morgan fingerprint density at radius 1 is 0.642 bits per heavy atom. The molecular formula is C35H59NO17. The second kappa shape index (κ2) is 26.0. The third-order valence-electron chi connectivity index (χ3n) is 8.80. The molecule has 0 fully saturated rings. The zero-order valence-corrected chi connectivity index (χ0v) is 30.9. The first-order valence-corrected chi connectivity index (χ1v) is 17.9. The van der Waals surface area contributed by atoms with Crippen molar-refractivity contribution in [3.63, 3.8) is 0 Å². The van der Waals surface area contributed by atoms with Gasteiger partial charge in [-0.1, -0.05) is 46.5 Å². The van der Waals surface area contributed by atoms with Gasteiger partial charge in [0.15, 0.2) is 0 Å². The van der Waals surface area contributed by atoms with Crippen LogP contribution >= 0.6 is 0 Å². The SMILES string of the molecule is CCCCC(C)C(OC(=O)CC(CC(=O)O)C(=O)O)C(CC(C)CC(O)CCCCC(O)C(O)C(O)CNC(C)=O)OC(=O)CC(CC(=O)O)C(=O)O. The molecule has 0 aromatic heterocycles. The van der Waals surface area contributed by atoms with Gasteiger partial charge < -0.3 is 55.6 Å². The number of hydrogen-bond donors (Lipinski definition) is 9. The Balaban J connectivity index is 5.93. The molecule has 53 heavy (non-hydrogen) atoms. The number of carbonyl (C=O) groups is 7. The Bertz CT molecular complexity index is 1180. The number of aliphatic hydroxyl groups is 4. The van der Waals surface area contributed by atoms with E-state index in [1.54, 1.807) is 13.8 Å². The number of carboxylic acids is 4. The first kappa shape index (κ1) is 49.1. The minimum absolute atomic E-state index is 0.0253. The first-order valence-electron chi connectivity index (χ1n) is 17.9. The summed E-state index contributed by atoms with van der Waals surface area (Å²) in [5, 5.41) is 80.5. The van der Waals surface area contributed by atoms with Crippen LogP contribution in [0.5, 0.6) is 0 Å². The van der Waals surface area contributed by atoms with Crippen molar-refractivity contribution in [2.75, 3.05) is 6.54 Å². The number of nitrogens with one attached hydrogen (secondary N) is 1. The van der Waals surface area contributed by atoms with Crippen LogP contribution in [0.2, 0.25) is 0 Å². The van der Waals surface area contributed by atoms with Gasteiger partial charge in [0, 0.05) is 13.5 Å². The number of carboxylic acid groups (broad SMARTS) is 4. The van der Waals surface area contributed by atoms with E-state index in [0.29, 0.717) is 25.7 Å². The van der Waals surface area contributed by atoms with Crippen molar-refractivity contribution >= 4 is 41.7 Å². The summed E-state index contributed by atoms with van der Waals surface area (Å²) in [5.74, 6) is -12.7. The van der Waals surface area contributed by atoms with E-state index >= 15 is 0 Å². The molecule has 9 N–H and O–H groups in total. The summed E-state index contributed by atoms with van der Waals surface area (Å²) < 4.78 is 11.4. The highest BCUT2D eigenvalue weighted by Crippen LogP contribution is 2.29. The van der Waals surface area contributed by atoms with Crippen LogP contribution in [0.4, 0.5) is 0 Å². The fourth-order valence-corrected chi connectivity index (χ4v) is 5.84. The zero-order valence-electron chi connectivity index (χ0n) is 30.9. The van der Waals surface area contributed by atoms with Crippen LogP contribution in [0.25, 0.3) is 0 Å². The number of esters is 2. The van der Waals surface area contributed by atoms with Gasteiger partial charge in [-0.2, -0.15) is 0 Å². The molecule has 0 aliphatic heterocycles. The molecule has 0 aliphatic rings. The second-order valence-electron chi connectivity index (χ2n) is 13.9. The normalized spacial score (nSPS) is 17.1. The highest BCUT2D eigenvalue weighted by Gasteiger charge is 2.37. The molecule has 10 unspecified atom stereocenters. The standard InChI is InChI=1S/C35H59NO17/c1-5-6-9-20(3)33(53-31(46)17-23(35(50)51)15-29(43)44)27(52-30(45)16-22(34(48)49)14-28(41)42)13-19(2)12-24(38)10-7-8-11-25(39)32(47)26(40)18-36-21(4)37/h19-20,22-27,32-33,38-40,47H,5-18H2,1-4H3,(H,36,37)(H,41,42)(H,43,44)(H,48,49)(H,50,51). The van der Waals surface area contributed by atoms with Crippen molar-refractivity contribution < 1.29 is 83.9 Å². The zero-order chi connectivity index (χ0) is 40.8. The summed E-state index contributed by atoms with van der Waals surface area (Å²) >= 11 is 0. The van der Waals surface area contributed by atoms with Gasteiger partial charge in [-0.3, -0.25) is 33.6 Å². The van der Waals surface area contributed by atoms with Gasteiger partial charge >= 0.3 is 35.8 Å². The predicted molar refractivity (Wildman–Crippen MR) is 184 cm³/mol. The number of carbonyl (C=O) groups excluding carboxylic acids is 3. The van der Waals surface area contributed by atoms with Crippen LogP contribution in [0.15, 0.2) is 0 Å². The average molecular weight is 766 g/mol. The van der Waals surface area contributed by atoms with Gasteiger partial charge in [-0.15, -0.1) is 0 Å². The van der Waals surface area contributed by atoms with Crippen molar-refractivity contribution in [3.8, 4) is 0 Å². The van der Waals surface area contributed by atoms with Gasteiger partial charge in [0.2, 0.25) is 5.91 Å². The molecule has 0 bridgehead atoms. The van der Waals surface area contributed by atoms with Gasteiger partial charge in [0.25, 0.3) is 0 Å². The van der Waals surface area contributed by atoms with Crippen molar-refractivity contribution in [2.45, 2.75) is 148 Å². The van der Waals surface area contributed by atoms with Crippen molar-refractivity contribution in [3.05, 3.63) is 0 Å². The maximum absolute atomic E-state index is 13.1. The average Bonchev–Trinajstić information content (AvgIpc) is 3.04. The number of amides is 1. The molecule has 0 rings (SSSR count). The number of aliphatic carboxylic acids is 4. The second-order valence-corrected chi connectivity index (χ2v) is 13.9. The quantitative estimate of drug-likeness (QED) is 0.0368. The Kier molecular flexibility index (Phi) is 24.1. The summed E-state index contributed by atoms with van der Waals surface area (Å²) in [6.07, 6.45) is -7.76. The van der Waals surface area contributed by atoms with Crippen LogP contribution in [-0.4, -0.2) is 126 Å². The molecule has 1 amide bonds. The smallest absolute Gasteiger partial charge is 0.307 e. The molecule has 0 spiro atoms. The number of rotatable bonds is 30. The van der Waals surface area contributed by atoms with Gasteiger partial charge in [0.05, 0.1) is 55.8 Å². The van der Waals surface area contributed by atoms with Gasteiger partial charge in [0.1, 0.15) is 18.3 Å². The Labute approximate surface area is 308 Å². The van der Waals surface area contributed by atoms with E-state index < -0.39 is 128 Å². The van der Waals surface area contributed by atoms with Gasteiger partial charge in [-0.25, -0.2) is 0 Å². The summed E-state index contributed by atoms with van der Waals surface area (Å²) in [7, 11) is 0. The fraction of sp³-hybridized carbons (Fsp3) is 0.800. The molecule has 18 nitrogen and oxygen atoms in total. The topological polar surface area (TPSA) is 312 Å². The summed E-state index contributed by atoms with van der Waals surface area (Å²) in [5.41, 5.74) is 0. The fourth-order valence-electron chi connectivity index (χ4n) is 5.84. The van der Waals surface area contributed by atoms with Crippen molar-refractivity contribution in [1.29, 1.82) is 0 Å². The molecule has 0 aromatic rings. The van der Waals surface area contributed by atoms with E-state index in [1.807, 2.05) is 6.92 Å². The molecule has 10 atom stereocenters. The van der Waals surface area contributed by atoms with Gasteiger partial charge in [-0.05, 0) is 43.9 Å². The van der Waals surface area contributed by atoms with Crippen molar-refractivity contribution in [2.24, 2.45) is 23.7 Å². The number of ether oxygens (including phenoxy) is 2. The molecule has 0 aliphatic carbocycles. The summed E-state index contributed by atoms with van der Waals surface area (Å²) in [4.78, 5) is 82.8. The van der Waals surface area contributed by atoms with Crippen LogP contribution < -0.4 is 5.32 Å². The Morgan fingerprint density at radius 3 is 1.62 bits per heavy atom. The lowest BCUT2D eigenvalue weighted by Crippen LogP contribution is -2.44. The van der Waals surface area contributed by atoms with Crippen LogP contribution in [0, 0.1) is 23.7 Å². The maximum Gasteiger partial charge on any atom is 0.307 e. The lowest BCUT2D eigenvalue weighted by molar-refractivity contribution is -0.177. The van der Waals surface area contributed by atoms with E-state index in [4.69, 9.17) is 19.7 Å². The monoisotopic (exact) mass is 765 g/mol. The highest BCUT2D eigenvalue weighted by molar-refractivity contribution is 5.84. The largest absolute Gasteiger partial charge is 0.481 e. The lowest BCUT2D eigenvalue weighted by atomic mass is 9.87.